The standard InChI is InChI=1S/C11H6F2N2O2/c12-7-3-1-2-6(4-7)9-8(13)10(11(16)17)15-5-14-9/h1-5H,(H,16,17). The number of carboxylic acids is 1. The Kier molecular flexibility index (Phi) is 2.78. The zero-order chi connectivity index (χ0) is 12.4. The zero-order valence-electron chi connectivity index (χ0n) is 8.39. The second kappa shape index (κ2) is 4.25. The molecule has 2 aromatic rings. The molecular weight excluding hydrogens is 230 g/mol. The molecule has 0 aliphatic carbocycles. The third-order valence-corrected chi connectivity index (χ3v) is 2.09. The number of benzene rings is 1. The van der Waals surface area contributed by atoms with Crippen molar-refractivity contribution in [3.63, 3.8) is 0 Å². The minimum absolute atomic E-state index is 0.160. The fourth-order valence-corrected chi connectivity index (χ4v) is 1.36. The van der Waals surface area contributed by atoms with Gasteiger partial charge in [0, 0.05) is 5.56 Å². The van der Waals surface area contributed by atoms with Crippen molar-refractivity contribution in [1.29, 1.82) is 0 Å². The zero-order valence-corrected chi connectivity index (χ0v) is 8.39. The number of aromatic carboxylic acids is 1. The average molecular weight is 236 g/mol. The van der Waals surface area contributed by atoms with Crippen LogP contribution in [0.5, 0.6) is 0 Å². The highest BCUT2D eigenvalue weighted by Gasteiger charge is 2.18. The summed E-state index contributed by atoms with van der Waals surface area (Å²) in [7, 11) is 0. The minimum Gasteiger partial charge on any atom is -0.476 e. The Hall–Kier alpha value is -2.37. The highest BCUT2D eigenvalue weighted by Crippen LogP contribution is 2.21. The van der Waals surface area contributed by atoms with Crippen molar-refractivity contribution in [1.82, 2.24) is 9.97 Å². The topological polar surface area (TPSA) is 63.1 Å². The largest absolute Gasteiger partial charge is 0.476 e. The smallest absolute Gasteiger partial charge is 0.357 e. The van der Waals surface area contributed by atoms with Gasteiger partial charge >= 0.3 is 5.97 Å². The van der Waals surface area contributed by atoms with Crippen molar-refractivity contribution in [2.45, 2.75) is 0 Å². The van der Waals surface area contributed by atoms with Crippen molar-refractivity contribution >= 4 is 5.97 Å². The highest BCUT2D eigenvalue weighted by atomic mass is 19.1. The summed E-state index contributed by atoms with van der Waals surface area (Å²) in [5.74, 6) is -3.13. The number of rotatable bonds is 2. The molecule has 86 valence electrons. The molecule has 0 amide bonds. The van der Waals surface area contributed by atoms with E-state index in [1.54, 1.807) is 0 Å². The van der Waals surface area contributed by atoms with Gasteiger partial charge < -0.3 is 5.11 Å². The molecule has 17 heavy (non-hydrogen) atoms. The first-order valence-corrected chi connectivity index (χ1v) is 4.59. The monoisotopic (exact) mass is 236 g/mol. The first-order chi connectivity index (χ1) is 8.09. The molecule has 0 fully saturated rings. The normalized spacial score (nSPS) is 10.2. The number of hydrogen-bond acceptors (Lipinski definition) is 3. The van der Waals surface area contributed by atoms with Crippen molar-refractivity contribution in [2.24, 2.45) is 0 Å². The summed E-state index contributed by atoms with van der Waals surface area (Å²) in [4.78, 5) is 17.6. The summed E-state index contributed by atoms with van der Waals surface area (Å²) in [5.41, 5.74) is -0.816. The minimum atomic E-state index is -1.50. The van der Waals surface area contributed by atoms with Gasteiger partial charge in [-0.15, -0.1) is 0 Å². The molecule has 0 saturated carbocycles. The lowest BCUT2D eigenvalue weighted by Gasteiger charge is -2.03. The lowest BCUT2D eigenvalue weighted by atomic mass is 10.1. The molecule has 0 radical (unpaired) electrons. The number of carboxylic acid groups (broad SMARTS) is 1. The lowest BCUT2D eigenvalue weighted by Crippen LogP contribution is -2.06. The van der Waals surface area contributed by atoms with Crippen LogP contribution in [0.2, 0.25) is 0 Å². The first kappa shape index (κ1) is 11.1. The van der Waals surface area contributed by atoms with Gasteiger partial charge in [-0.05, 0) is 12.1 Å². The molecule has 1 aromatic heterocycles. The summed E-state index contributed by atoms with van der Waals surface area (Å²) >= 11 is 0. The molecule has 0 bridgehead atoms. The third kappa shape index (κ3) is 2.10. The van der Waals surface area contributed by atoms with Gasteiger partial charge in [-0.1, -0.05) is 12.1 Å². The molecule has 1 aromatic carbocycles. The Balaban J connectivity index is 2.60. The maximum absolute atomic E-state index is 13.7. The Labute approximate surface area is 94.6 Å². The van der Waals surface area contributed by atoms with Gasteiger partial charge in [0.25, 0.3) is 0 Å². The van der Waals surface area contributed by atoms with Crippen molar-refractivity contribution in [3.8, 4) is 11.3 Å². The predicted molar refractivity (Wildman–Crippen MR) is 54.3 cm³/mol. The van der Waals surface area contributed by atoms with E-state index in [1.807, 2.05) is 0 Å². The van der Waals surface area contributed by atoms with Crippen molar-refractivity contribution in [3.05, 3.63) is 47.9 Å². The number of nitrogens with zero attached hydrogens (tertiary/aromatic N) is 2. The van der Waals surface area contributed by atoms with Crippen LogP contribution in [-0.2, 0) is 0 Å². The first-order valence-electron chi connectivity index (χ1n) is 4.59. The van der Waals surface area contributed by atoms with Crippen LogP contribution in [0.1, 0.15) is 10.5 Å². The average Bonchev–Trinajstić information content (AvgIpc) is 2.29. The van der Waals surface area contributed by atoms with E-state index < -0.39 is 23.3 Å². The molecule has 1 heterocycles. The fraction of sp³-hybridized carbons (Fsp3) is 0. The summed E-state index contributed by atoms with van der Waals surface area (Å²) in [6.07, 6.45) is 0.923. The lowest BCUT2D eigenvalue weighted by molar-refractivity contribution is 0.0684. The Morgan fingerprint density at radius 1 is 1.24 bits per heavy atom. The molecule has 0 saturated heterocycles. The highest BCUT2D eigenvalue weighted by molar-refractivity contribution is 5.87. The van der Waals surface area contributed by atoms with E-state index in [2.05, 4.69) is 9.97 Å². The van der Waals surface area contributed by atoms with Gasteiger partial charge in [0.1, 0.15) is 17.8 Å². The van der Waals surface area contributed by atoms with E-state index in [4.69, 9.17) is 5.11 Å². The van der Waals surface area contributed by atoms with Gasteiger partial charge in [0.2, 0.25) is 0 Å². The Bertz CT molecular complexity index is 587. The van der Waals surface area contributed by atoms with Gasteiger partial charge in [-0.3, -0.25) is 0 Å². The second-order valence-electron chi connectivity index (χ2n) is 3.20. The molecule has 1 N–H and O–H groups in total. The molecule has 0 atom stereocenters. The summed E-state index contributed by atoms with van der Waals surface area (Å²) in [5, 5.41) is 8.69. The molecular formula is C11H6F2N2O2. The van der Waals surface area contributed by atoms with Crippen LogP contribution in [0.15, 0.2) is 30.6 Å². The van der Waals surface area contributed by atoms with Crippen LogP contribution in [0.3, 0.4) is 0 Å². The van der Waals surface area contributed by atoms with Crippen LogP contribution >= 0.6 is 0 Å². The fourth-order valence-electron chi connectivity index (χ4n) is 1.36. The third-order valence-electron chi connectivity index (χ3n) is 2.09. The van der Waals surface area contributed by atoms with Crippen LogP contribution in [0.25, 0.3) is 11.3 Å². The van der Waals surface area contributed by atoms with E-state index in [9.17, 15) is 13.6 Å². The summed E-state index contributed by atoms with van der Waals surface area (Å²) < 4.78 is 26.7. The molecule has 6 heteroatoms. The van der Waals surface area contributed by atoms with E-state index in [0.29, 0.717) is 0 Å². The number of halogens is 2. The molecule has 0 spiro atoms. The molecule has 0 aliphatic rings. The van der Waals surface area contributed by atoms with Crippen LogP contribution in [0.4, 0.5) is 8.78 Å². The number of aromatic nitrogens is 2. The maximum Gasteiger partial charge on any atom is 0.357 e. The van der Waals surface area contributed by atoms with Gasteiger partial charge in [-0.2, -0.15) is 0 Å². The molecule has 0 aliphatic heterocycles. The molecule has 2 rings (SSSR count). The SMILES string of the molecule is O=C(O)c1ncnc(-c2cccc(F)c2)c1F. The number of carbonyl (C=O) groups is 1. The molecule has 0 unspecified atom stereocenters. The summed E-state index contributed by atoms with van der Waals surface area (Å²) in [6, 6.07) is 5.07. The quantitative estimate of drug-likeness (QED) is 0.867. The van der Waals surface area contributed by atoms with Crippen LogP contribution < -0.4 is 0 Å². The second-order valence-corrected chi connectivity index (χ2v) is 3.20. The van der Waals surface area contributed by atoms with Crippen molar-refractivity contribution in [2.75, 3.05) is 0 Å². The maximum atomic E-state index is 13.7. The Morgan fingerprint density at radius 2 is 2.00 bits per heavy atom. The van der Waals surface area contributed by atoms with Crippen LogP contribution in [-0.4, -0.2) is 21.0 Å². The van der Waals surface area contributed by atoms with Gasteiger partial charge in [0.15, 0.2) is 11.5 Å². The number of hydrogen-bond donors (Lipinski definition) is 1. The van der Waals surface area contributed by atoms with E-state index in [1.165, 1.54) is 18.2 Å². The Morgan fingerprint density at radius 3 is 2.65 bits per heavy atom. The molecule has 4 nitrogen and oxygen atoms in total. The van der Waals surface area contributed by atoms with Crippen molar-refractivity contribution < 1.29 is 18.7 Å². The van der Waals surface area contributed by atoms with Gasteiger partial charge in [-0.25, -0.2) is 23.5 Å². The van der Waals surface area contributed by atoms with E-state index >= 15 is 0 Å². The predicted octanol–water partition coefficient (Wildman–Crippen LogP) is 2.12. The van der Waals surface area contributed by atoms with Crippen LogP contribution in [0, 0.1) is 11.6 Å². The van der Waals surface area contributed by atoms with E-state index in [0.717, 1.165) is 12.4 Å². The summed E-state index contributed by atoms with van der Waals surface area (Å²) in [6.45, 7) is 0. The van der Waals surface area contributed by atoms with Gasteiger partial charge in [0.05, 0.1) is 0 Å². The van der Waals surface area contributed by atoms with E-state index in [-0.39, 0.29) is 11.3 Å².